The van der Waals surface area contributed by atoms with Crippen LogP contribution in [0, 0.1) is 15.5 Å². The summed E-state index contributed by atoms with van der Waals surface area (Å²) in [4.78, 5) is 13.2. The zero-order valence-corrected chi connectivity index (χ0v) is 21.6. The average molecular weight is 556 g/mol. The number of nitro benzene ring substituents is 1. The summed E-state index contributed by atoms with van der Waals surface area (Å²) in [6, 6.07) is 5.06. The van der Waals surface area contributed by atoms with Gasteiger partial charge in [0.15, 0.2) is 22.2 Å². The van der Waals surface area contributed by atoms with E-state index in [9.17, 15) is 10.1 Å². The van der Waals surface area contributed by atoms with E-state index in [1.54, 1.807) is 0 Å². The molecule has 0 N–H and O–H groups in total. The number of hydrogen-bond acceptors (Lipinski definition) is 7. The molecule has 0 radical (unpaired) electrons. The van der Waals surface area contributed by atoms with Gasteiger partial charge in [-0.15, -0.1) is 22.6 Å². The second-order valence-electron chi connectivity index (χ2n) is 4.62. The Kier molecular flexibility index (Phi) is 13.0. The van der Waals surface area contributed by atoms with Crippen molar-refractivity contribution in [1.82, 2.24) is 0 Å². The van der Waals surface area contributed by atoms with Crippen molar-refractivity contribution in [2.75, 3.05) is 14.2 Å². The second kappa shape index (κ2) is 13.7. The predicted octanol–water partition coefficient (Wildman–Crippen LogP) is 7.62. The first-order valence-corrected chi connectivity index (χ1v) is 15.7. The Hall–Kier alpha value is -1.47. The minimum absolute atomic E-state index is 0. The van der Waals surface area contributed by atoms with Crippen LogP contribution in [0.1, 0.15) is 0 Å². The monoisotopic (exact) mass is 552 g/mol. The van der Waals surface area contributed by atoms with Crippen molar-refractivity contribution in [3.8, 4) is 11.5 Å². The first-order chi connectivity index (χ1) is 13.3. The summed E-state index contributed by atoms with van der Waals surface area (Å²) in [6.45, 7) is 0. The molecule has 0 saturated heterocycles. The number of ether oxygens (including phenoxy) is 2. The van der Waals surface area contributed by atoms with Crippen LogP contribution < -0.4 is 9.47 Å². The summed E-state index contributed by atoms with van der Waals surface area (Å²) < 4.78 is 10.3. The number of non-ortho nitro benzene ring substituents is 1. The van der Waals surface area contributed by atoms with Gasteiger partial charge in [-0.2, -0.15) is 0 Å². The van der Waals surface area contributed by atoms with E-state index in [-0.39, 0.29) is 56.7 Å². The molecule has 0 aliphatic heterocycles. The van der Waals surface area contributed by atoms with Gasteiger partial charge < -0.3 is 9.47 Å². The first-order valence-electron chi connectivity index (χ1n) is 7.11. The van der Waals surface area contributed by atoms with Crippen LogP contribution in [-0.2, 0) is 15.1 Å². The Balaban J connectivity index is 0.00000184. The predicted molar refractivity (Wildman–Crippen MR) is 111 cm³/mol. The van der Waals surface area contributed by atoms with Crippen molar-refractivity contribution in [1.29, 1.82) is 5.39 Å². The Morgan fingerprint density at radius 3 is 1.79 bits per heavy atom. The van der Waals surface area contributed by atoms with E-state index < -0.39 is 20.1 Å². The first kappa shape index (κ1) is 27.5. The number of benzene rings is 2. The molecule has 0 unspecified atom stereocenters. The van der Waals surface area contributed by atoms with Crippen molar-refractivity contribution in [2.24, 2.45) is 10.2 Å². The average Bonchev–Trinajstić information content (AvgIpc) is 2.67. The zero-order valence-electron chi connectivity index (χ0n) is 14.8. The summed E-state index contributed by atoms with van der Waals surface area (Å²) in [7, 11) is 12.7. The molecule has 0 atom stereocenters. The van der Waals surface area contributed by atoms with E-state index in [1.165, 1.54) is 26.4 Å². The summed E-state index contributed by atoms with van der Waals surface area (Å²) >= 11 is 11.0. The van der Waals surface area contributed by atoms with Crippen LogP contribution in [-0.4, -0.2) is 19.1 Å². The van der Waals surface area contributed by atoms with E-state index in [2.05, 4.69) is 15.2 Å². The summed E-state index contributed by atoms with van der Waals surface area (Å²) in [5.41, 5.74) is 0.175. The molecule has 29 heavy (non-hydrogen) atoms. The molecule has 0 spiro atoms. The number of halogens is 5. The molecule has 9 nitrogen and oxygen atoms in total. The molecule has 0 aliphatic rings. The summed E-state index contributed by atoms with van der Waals surface area (Å²) in [5.74, 6) is 0.454. The third-order valence-electron chi connectivity index (χ3n) is 3.04. The summed E-state index contributed by atoms with van der Waals surface area (Å²) in [5, 5.41) is 27.5. The number of diazo groups is 1. The van der Waals surface area contributed by atoms with Crippen LogP contribution >= 0.6 is 55.0 Å². The van der Waals surface area contributed by atoms with Gasteiger partial charge in [-0.1, -0.05) is 23.2 Å². The van der Waals surface area contributed by atoms with Crippen molar-refractivity contribution < 1.29 is 29.5 Å². The molecule has 0 amide bonds. The van der Waals surface area contributed by atoms with E-state index in [0.717, 1.165) is 12.1 Å². The van der Waals surface area contributed by atoms with Gasteiger partial charge in [-0.25, -0.2) is 0 Å². The molecule has 0 aromatic heterocycles. The fraction of sp³-hybridized carbons (Fsp3) is 0.143. The Labute approximate surface area is 197 Å². The van der Waals surface area contributed by atoms with Crippen molar-refractivity contribution in [3.05, 3.63) is 49.4 Å². The van der Waals surface area contributed by atoms with Crippen molar-refractivity contribution in [2.45, 2.75) is 0 Å². The Morgan fingerprint density at radius 2 is 1.45 bits per heavy atom. The van der Waals surface area contributed by atoms with Crippen LogP contribution in [0.5, 0.6) is 11.5 Å². The molecule has 2 aromatic rings. The van der Waals surface area contributed by atoms with E-state index >= 15 is 0 Å². The van der Waals surface area contributed by atoms with Gasteiger partial charge in [0.25, 0.3) is 5.69 Å². The van der Waals surface area contributed by atoms with Crippen LogP contribution in [0.25, 0.3) is 4.98 Å². The normalized spacial score (nSPS) is 9.41. The Morgan fingerprint density at radius 1 is 1.03 bits per heavy atom. The molecule has 0 saturated carbocycles. The molecule has 0 aliphatic carbocycles. The summed E-state index contributed by atoms with van der Waals surface area (Å²) in [6.07, 6.45) is 0. The van der Waals surface area contributed by atoms with Crippen molar-refractivity contribution in [3.63, 3.8) is 0 Å². The van der Waals surface area contributed by atoms with Gasteiger partial charge in [-0.3, -0.25) is 10.1 Å². The van der Waals surface area contributed by atoms with Crippen LogP contribution in [0.2, 0.25) is 10.0 Å². The molecule has 152 valence electrons. The topological polar surface area (TPSA) is 114 Å². The van der Waals surface area contributed by atoms with Gasteiger partial charge in [0.1, 0.15) is 5.69 Å². The quantitative estimate of drug-likeness (QED) is 0.124. The molecule has 15 heteroatoms. The molecule has 0 bridgehead atoms. The number of methoxy groups -OCH3 is 2. The van der Waals surface area contributed by atoms with E-state index in [4.69, 9.17) is 57.5 Å². The number of nitrogens with zero attached hydrogens (tertiary/aromatic N) is 5. The molecule has 0 fully saturated rings. The fourth-order valence-electron chi connectivity index (χ4n) is 1.89. The van der Waals surface area contributed by atoms with E-state index in [1.807, 2.05) is 0 Å². The second-order valence-corrected chi connectivity index (χ2v) is 10.1. The molecule has 0 heterocycles. The maximum absolute atomic E-state index is 10.8. The van der Waals surface area contributed by atoms with Crippen LogP contribution in [0.3, 0.4) is 0 Å². The van der Waals surface area contributed by atoms with Gasteiger partial charge in [0, 0.05) is 12.1 Å². The third-order valence-corrected chi connectivity index (χ3v) is 3.62. The number of azo groups is 1. The minimum atomic E-state index is -0.931. The van der Waals surface area contributed by atoms with Crippen LogP contribution in [0.15, 0.2) is 34.5 Å². The Bertz CT molecular complexity index is 893. The molecule has 2 rings (SSSR count). The molecule has 2 aromatic carbocycles. The van der Waals surface area contributed by atoms with Gasteiger partial charge in [0.2, 0.25) is 5.39 Å². The van der Waals surface area contributed by atoms with Crippen LogP contribution in [0.4, 0.5) is 22.7 Å². The van der Waals surface area contributed by atoms with E-state index in [0.29, 0.717) is 0 Å². The molecular weight excluding hydrogens is 545 g/mol. The number of nitro groups is 1. The SMILES string of the molecule is COc1cc([N+]#N)cc(OC)c1N=Nc1c(Cl)cc([N+](=O)[O-])cc1Cl.Cl.[Cl][Zn][Cl]. The zero-order chi connectivity index (χ0) is 21.3. The third kappa shape index (κ3) is 7.70. The number of hydrogen-bond donors (Lipinski definition) is 0. The molecular formula is C14H11Cl5N5O4Zn+. The van der Waals surface area contributed by atoms with Gasteiger partial charge >= 0.3 is 40.2 Å². The van der Waals surface area contributed by atoms with Gasteiger partial charge in [-0.05, 0) is 0 Å². The van der Waals surface area contributed by atoms with Crippen molar-refractivity contribution >= 4 is 77.7 Å². The fourth-order valence-corrected chi connectivity index (χ4v) is 2.44. The number of rotatable bonds is 5. The standard InChI is InChI=1S/C14H10Cl2N5O4.3ClH.Zn/c1-24-11-3-7(18-17)4-12(25-2)14(11)20-19-13-9(15)5-8(21(22)23)6-10(13)16;;;;/h3-6H,1-2H3;3*1H;/q+1;;;;+2/p-2. The van der Waals surface area contributed by atoms with Gasteiger partial charge in [0.05, 0.1) is 41.3 Å². The maximum atomic E-state index is 10.8.